The van der Waals surface area contributed by atoms with Crippen LogP contribution < -0.4 is 11.5 Å². The van der Waals surface area contributed by atoms with Crippen molar-refractivity contribution < 1.29 is 4.79 Å². The fourth-order valence-electron chi connectivity index (χ4n) is 0.174. The first-order valence-corrected chi connectivity index (χ1v) is 3.38. The second-order valence-electron chi connectivity index (χ2n) is 2.60. The smallest absolute Gasteiger partial charge is 0.223 e. The van der Waals surface area contributed by atoms with Crippen LogP contribution >= 0.6 is 0 Å². The molecule has 0 saturated carbocycles. The molecule has 62 valence electrons. The van der Waals surface area contributed by atoms with Crippen LogP contribution in [0.1, 0.15) is 27.2 Å². The van der Waals surface area contributed by atoms with Gasteiger partial charge in [0.05, 0.1) is 0 Å². The monoisotopic (exact) mass is 146 g/mol. The Morgan fingerprint density at radius 2 is 1.70 bits per heavy atom. The maximum Gasteiger partial charge on any atom is 0.223 e. The number of hydrogen-bond acceptors (Lipinski definition) is 2. The molecule has 0 aromatic carbocycles. The van der Waals surface area contributed by atoms with Gasteiger partial charge in [-0.1, -0.05) is 20.8 Å². The minimum atomic E-state index is -0.319. The summed E-state index contributed by atoms with van der Waals surface area (Å²) in [6.45, 7) is 5.63. The van der Waals surface area contributed by atoms with Gasteiger partial charge in [-0.3, -0.25) is 4.79 Å². The molecule has 0 aliphatic carbocycles. The molecule has 0 fully saturated rings. The normalized spacial score (nSPS) is 9.70. The van der Waals surface area contributed by atoms with Crippen molar-refractivity contribution in [1.29, 1.82) is 0 Å². The van der Waals surface area contributed by atoms with E-state index in [0.29, 0.717) is 0 Å². The molecule has 3 nitrogen and oxygen atoms in total. The Morgan fingerprint density at radius 3 is 1.70 bits per heavy atom. The molecule has 0 atom stereocenters. The lowest BCUT2D eigenvalue weighted by molar-refractivity contribution is -0.126. The molecule has 0 aromatic heterocycles. The molecule has 10 heavy (non-hydrogen) atoms. The third kappa shape index (κ3) is 4.32. The van der Waals surface area contributed by atoms with Gasteiger partial charge in [0.15, 0.2) is 0 Å². The van der Waals surface area contributed by atoms with Gasteiger partial charge in [0.25, 0.3) is 0 Å². The summed E-state index contributed by atoms with van der Waals surface area (Å²) in [5, 5.41) is 0. The van der Waals surface area contributed by atoms with E-state index in [1.165, 1.54) is 7.05 Å². The van der Waals surface area contributed by atoms with E-state index in [4.69, 9.17) is 5.73 Å². The van der Waals surface area contributed by atoms with E-state index in [0.717, 1.165) is 6.42 Å². The zero-order chi connectivity index (χ0) is 8.78. The molecule has 0 aliphatic heterocycles. The summed E-state index contributed by atoms with van der Waals surface area (Å²) in [6, 6.07) is 0. The van der Waals surface area contributed by atoms with Crippen molar-refractivity contribution in [3.05, 3.63) is 0 Å². The van der Waals surface area contributed by atoms with E-state index >= 15 is 0 Å². The average Bonchev–Trinajstić information content (AvgIpc) is 1.92. The number of amides is 1. The highest BCUT2D eigenvalue weighted by molar-refractivity contribution is 5.79. The Balaban J connectivity index is 0. The summed E-state index contributed by atoms with van der Waals surface area (Å²) < 4.78 is 0. The van der Waals surface area contributed by atoms with Crippen LogP contribution in [0.4, 0.5) is 0 Å². The van der Waals surface area contributed by atoms with Gasteiger partial charge in [-0.25, -0.2) is 0 Å². The second-order valence-corrected chi connectivity index (χ2v) is 2.60. The van der Waals surface area contributed by atoms with Crippen LogP contribution in [-0.2, 0) is 4.79 Å². The molecule has 1 amide bonds. The standard InChI is InChI=1S/C6H13NO.CH5N/c1-4-6(2,3)5(7)8;1-2/h4H2,1-3H3,(H2,7,8);2H2,1H3. The molecule has 0 rings (SSSR count). The van der Waals surface area contributed by atoms with Crippen molar-refractivity contribution in [3.63, 3.8) is 0 Å². The molecule has 0 aliphatic rings. The zero-order valence-electron chi connectivity index (χ0n) is 7.27. The minimum absolute atomic E-state index is 0.222. The van der Waals surface area contributed by atoms with Crippen LogP contribution in [0.25, 0.3) is 0 Å². The summed E-state index contributed by atoms with van der Waals surface area (Å²) >= 11 is 0. The first kappa shape index (κ1) is 12.1. The van der Waals surface area contributed by atoms with E-state index in [9.17, 15) is 4.79 Å². The van der Waals surface area contributed by atoms with Gasteiger partial charge in [0, 0.05) is 5.41 Å². The van der Waals surface area contributed by atoms with E-state index < -0.39 is 0 Å². The lowest BCUT2D eigenvalue weighted by Crippen LogP contribution is -2.30. The molecular weight excluding hydrogens is 128 g/mol. The van der Waals surface area contributed by atoms with Crippen molar-refractivity contribution in [2.45, 2.75) is 27.2 Å². The summed E-state index contributed by atoms with van der Waals surface area (Å²) in [7, 11) is 1.50. The number of carbonyl (C=O) groups excluding carboxylic acids is 1. The molecule has 3 heteroatoms. The van der Waals surface area contributed by atoms with E-state index in [-0.39, 0.29) is 11.3 Å². The summed E-state index contributed by atoms with van der Waals surface area (Å²) in [6.07, 6.45) is 0.808. The van der Waals surface area contributed by atoms with Crippen LogP contribution in [0.5, 0.6) is 0 Å². The van der Waals surface area contributed by atoms with Crippen molar-refractivity contribution in [1.82, 2.24) is 0 Å². The third-order valence-corrected chi connectivity index (χ3v) is 1.55. The first-order valence-electron chi connectivity index (χ1n) is 3.38. The highest BCUT2D eigenvalue weighted by Gasteiger charge is 2.21. The lowest BCUT2D eigenvalue weighted by Gasteiger charge is -2.16. The highest BCUT2D eigenvalue weighted by Crippen LogP contribution is 2.17. The molecule has 0 spiro atoms. The number of nitrogens with two attached hydrogens (primary N) is 2. The van der Waals surface area contributed by atoms with Gasteiger partial charge >= 0.3 is 0 Å². The largest absolute Gasteiger partial charge is 0.369 e. The molecule has 0 bridgehead atoms. The molecule has 0 heterocycles. The Morgan fingerprint density at radius 1 is 1.40 bits per heavy atom. The Kier molecular flexibility index (Phi) is 6.35. The number of rotatable bonds is 2. The second kappa shape index (κ2) is 5.23. The average molecular weight is 146 g/mol. The fraction of sp³-hybridized carbons (Fsp3) is 0.857. The Bertz CT molecular complexity index is 99.8. The predicted octanol–water partition coefficient (Wildman–Crippen LogP) is 0.483. The quantitative estimate of drug-likeness (QED) is 0.595. The van der Waals surface area contributed by atoms with Gasteiger partial charge in [-0.2, -0.15) is 0 Å². The van der Waals surface area contributed by atoms with Crippen molar-refractivity contribution >= 4 is 5.91 Å². The highest BCUT2D eigenvalue weighted by atomic mass is 16.1. The molecule has 0 unspecified atom stereocenters. The van der Waals surface area contributed by atoms with E-state index in [1.807, 2.05) is 20.8 Å². The Hall–Kier alpha value is -0.570. The van der Waals surface area contributed by atoms with Crippen molar-refractivity contribution in [3.8, 4) is 0 Å². The van der Waals surface area contributed by atoms with Gasteiger partial charge < -0.3 is 11.5 Å². The van der Waals surface area contributed by atoms with Gasteiger partial charge in [0.1, 0.15) is 0 Å². The van der Waals surface area contributed by atoms with Gasteiger partial charge in [-0.15, -0.1) is 0 Å². The van der Waals surface area contributed by atoms with E-state index in [2.05, 4.69) is 5.73 Å². The summed E-state index contributed by atoms with van der Waals surface area (Å²) in [5.41, 5.74) is 9.22. The van der Waals surface area contributed by atoms with Crippen molar-refractivity contribution in [2.24, 2.45) is 16.9 Å². The van der Waals surface area contributed by atoms with Crippen LogP contribution in [0.2, 0.25) is 0 Å². The number of primary amides is 1. The number of hydrogen-bond donors (Lipinski definition) is 2. The SMILES string of the molecule is CCC(C)(C)C(N)=O.CN. The molecule has 0 aromatic rings. The minimum Gasteiger partial charge on any atom is -0.369 e. The maximum absolute atomic E-state index is 10.5. The Labute approximate surface area is 62.8 Å². The zero-order valence-corrected chi connectivity index (χ0v) is 7.27. The summed E-state index contributed by atoms with van der Waals surface area (Å²) in [4.78, 5) is 10.5. The van der Waals surface area contributed by atoms with Crippen LogP contribution in [0.15, 0.2) is 0 Å². The lowest BCUT2D eigenvalue weighted by atomic mass is 9.90. The van der Waals surface area contributed by atoms with Gasteiger partial charge in [-0.05, 0) is 13.5 Å². The third-order valence-electron chi connectivity index (χ3n) is 1.55. The first-order chi connectivity index (χ1) is 4.50. The molecule has 0 saturated heterocycles. The van der Waals surface area contributed by atoms with Gasteiger partial charge in [0.2, 0.25) is 5.91 Å². The predicted molar refractivity (Wildman–Crippen MR) is 43.4 cm³/mol. The van der Waals surface area contributed by atoms with Crippen molar-refractivity contribution in [2.75, 3.05) is 7.05 Å². The van der Waals surface area contributed by atoms with Crippen LogP contribution in [0.3, 0.4) is 0 Å². The van der Waals surface area contributed by atoms with E-state index in [1.54, 1.807) is 0 Å². The van der Waals surface area contributed by atoms with Crippen LogP contribution in [0, 0.1) is 5.41 Å². The topological polar surface area (TPSA) is 69.1 Å². The number of carbonyl (C=O) groups is 1. The molecule has 4 N–H and O–H groups in total. The molecule has 0 radical (unpaired) electrons. The van der Waals surface area contributed by atoms with Crippen LogP contribution in [-0.4, -0.2) is 13.0 Å². The molecular formula is C7H18N2O. The fourth-order valence-corrected chi connectivity index (χ4v) is 0.174. The maximum atomic E-state index is 10.5. The summed E-state index contributed by atoms with van der Waals surface area (Å²) in [5.74, 6) is -0.222.